The molecule has 0 aromatic heterocycles. The van der Waals surface area contributed by atoms with Gasteiger partial charge in [0.05, 0.1) is 6.10 Å². The summed E-state index contributed by atoms with van der Waals surface area (Å²) in [7, 11) is 1.81. The van der Waals surface area contributed by atoms with E-state index in [2.05, 4.69) is 12.2 Å². The van der Waals surface area contributed by atoms with Crippen LogP contribution in [0.3, 0.4) is 0 Å². The fourth-order valence-corrected chi connectivity index (χ4v) is 1.81. The summed E-state index contributed by atoms with van der Waals surface area (Å²) in [6.07, 6.45) is 5.52. The predicted molar refractivity (Wildman–Crippen MR) is 46.7 cm³/mol. The first-order valence-corrected chi connectivity index (χ1v) is 4.64. The van der Waals surface area contributed by atoms with Crippen LogP contribution in [-0.2, 0) is 4.74 Å². The molecular weight excluding hydrogens is 138 g/mol. The number of hydrogen-bond acceptors (Lipinski definition) is 2. The van der Waals surface area contributed by atoms with Gasteiger partial charge in [-0.15, -0.1) is 0 Å². The number of hydrogen-bond donors (Lipinski definition) is 1. The summed E-state index contributed by atoms with van der Waals surface area (Å²) in [6, 6.07) is 0.610. The minimum Gasteiger partial charge on any atom is -0.380 e. The third-order valence-electron chi connectivity index (χ3n) is 2.50. The molecule has 66 valence electrons. The third-order valence-corrected chi connectivity index (χ3v) is 2.50. The molecular formula is C9H19NO. The lowest BCUT2D eigenvalue weighted by atomic mass is 9.98. The quantitative estimate of drug-likeness (QED) is 0.671. The van der Waals surface area contributed by atoms with Gasteiger partial charge in [-0.1, -0.05) is 13.3 Å². The van der Waals surface area contributed by atoms with Gasteiger partial charge in [-0.25, -0.2) is 0 Å². The molecule has 0 bridgehead atoms. The molecule has 2 unspecified atom stereocenters. The minimum atomic E-state index is 0.426. The molecule has 1 heterocycles. The number of methoxy groups -OCH3 is 1. The lowest BCUT2D eigenvalue weighted by Gasteiger charge is -2.29. The molecule has 1 N–H and O–H groups in total. The highest BCUT2D eigenvalue weighted by Crippen LogP contribution is 2.14. The maximum absolute atomic E-state index is 5.38. The van der Waals surface area contributed by atoms with Crippen molar-refractivity contribution in [1.29, 1.82) is 0 Å². The molecule has 1 fully saturated rings. The van der Waals surface area contributed by atoms with E-state index in [0.29, 0.717) is 12.1 Å². The monoisotopic (exact) mass is 157 g/mol. The Hall–Kier alpha value is -0.0800. The Morgan fingerprint density at radius 3 is 2.82 bits per heavy atom. The zero-order valence-corrected chi connectivity index (χ0v) is 7.60. The molecule has 0 aromatic rings. The second kappa shape index (κ2) is 4.73. The van der Waals surface area contributed by atoms with Crippen molar-refractivity contribution in [3.05, 3.63) is 0 Å². The van der Waals surface area contributed by atoms with Crippen molar-refractivity contribution in [3.63, 3.8) is 0 Å². The van der Waals surface area contributed by atoms with Crippen LogP contribution in [0.25, 0.3) is 0 Å². The van der Waals surface area contributed by atoms with Gasteiger partial charge in [0.25, 0.3) is 0 Å². The smallest absolute Gasteiger partial charge is 0.0721 e. The van der Waals surface area contributed by atoms with Crippen LogP contribution in [0.2, 0.25) is 0 Å². The Bertz CT molecular complexity index is 95.7. The molecule has 1 aliphatic heterocycles. The van der Waals surface area contributed by atoms with Crippen LogP contribution in [-0.4, -0.2) is 25.8 Å². The number of ether oxygens (including phenoxy) is 1. The van der Waals surface area contributed by atoms with Gasteiger partial charge in [0.1, 0.15) is 0 Å². The lowest BCUT2D eigenvalue weighted by Crippen LogP contribution is -2.43. The SMILES string of the molecule is CCC(OC)C1CCCCN1. The normalized spacial score (nSPS) is 28.4. The van der Waals surface area contributed by atoms with E-state index in [4.69, 9.17) is 4.74 Å². The second-order valence-electron chi connectivity index (χ2n) is 3.24. The van der Waals surface area contributed by atoms with Crippen molar-refractivity contribution in [3.8, 4) is 0 Å². The summed E-state index contributed by atoms with van der Waals surface area (Å²) in [5, 5.41) is 3.50. The van der Waals surface area contributed by atoms with Crippen LogP contribution >= 0.6 is 0 Å². The average molecular weight is 157 g/mol. The zero-order chi connectivity index (χ0) is 8.10. The standard InChI is InChI=1S/C9H19NO/c1-3-9(11-2)8-6-4-5-7-10-8/h8-10H,3-7H2,1-2H3. The van der Waals surface area contributed by atoms with Crippen molar-refractivity contribution < 1.29 is 4.74 Å². The van der Waals surface area contributed by atoms with E-state index in [1.165, 1.54) is 25.8 Å². The topological polar surface area (TPSA) is 21.3 Å². The fourth-order valence-electron chi connectivity index (χ4n) is 1.81. The summed E-state index contributed by atoms with van der Waals surface area (Å²) in [5.74, 6) is 0. The molecule has 0 saturated carbocycles. The number of rotatable bonds is 3. The molecule has 1 rings (SSSR count). The highest BCUT2D eigenvalue weighted by Gasteiger charge is 2.20. The van der Waals surface area contributed by atoms with Gasteiger partial charge in [-0.2, -0.15) is 0 Å². The summed E-state index contributed by atoms with van der Waals surface area (Å²) in [5.41, 5.74) is 0. The predicted octanol–water partition coefficient (Wildman–Crippen LogP) is 1.55. The van der Waals surface area contributed by atoms with Crippen molar-refractivity contribution in [2.24, 2.45) is 0 Å². The van der Waals surface area contributed by atoms with Crippen LogP contribution < -0.4 is 5.32 Å². The van der Waals surface area contributed by atoms with E-state index >= 15 is 0 Å². The summed E-state index contributed by atoms with van der Waals surface area (Å²) < 4.78 is 5.38. The van der Waals surface area contributed by atoms with Gasteiger partial charge in [-0.05, 0) is 25.8 Å². The summed E-state index contributed by atoms with van der Waals surface area (Å²) >= 11 is 0. The maximum atomic E-state index is 5.38. The Balaban J connectivity index is 2.30. The van der Waals surface area contributed by atoms with Crippen molar-refractivity contribution >= 4 is 0 Å². The third kappa shape index (κ3) is 2.46. The number of nitrogens with one attached hydrogen (secondary N) is 1. The van der Waals surface area contributed by atoms with Crippen LogP contribution in [0.5, 0.6) is 0 Å². The second-order valence-corrected chi connectivity index (χ2v) is 3.24. The molecule has 2 atom stereocenters. The van der Waals surface area contributed by atoms with Crippen LogP contribution in [0.4, 0.5) is 0 Å². The van der Waals surface area contributed by atoms with Gasteiger partial charge in [0.15, 0.2) is 0 Å². The van der Waals surface area contributed by atoms with Crippen molar-refractivity contribution in [2.45, 2.75) is 44.8 Å². The molecule has 0 aliphatic carbocycles. The highest BCUT2D eigenvalue weighted by atomic mass is 16.5. The van der Waals surface area contributed by atoms with Gasteiger partial charge < -0.3 is 10.1 Å². The minimum absolute atomic E-state index is 0.426. The summed E-state index contributed by atoms with van der Waals surface area (Å²) in [4.78, 5) is 0. The van der Waals surface area contributed by atoms with Crippen molar-refractivity contribution in [2.75, 3.05) is 13.7 Å². The Morgan fingerprint density at radius 2 is 2.36 bits per heavy atom. The molecule has 0 radical (unpaired) electrons. The first-order chi connectivity index (χ1) is 5.38. The fraction of sp³-hybridized carbons (Fsp3) is 1.00. The van der Waals surface area contributed by atoms with Gasteiger partial charge in [0.2, 0.25) is 0 Å². The molecule has 11 heavy (non-hydrogen) atoms. The zero-order valence-electron chi connectivity index (χ0n) is 7.60. The van der Waals surface area contributed by atoms with E-state index in [9.17, 15) is 0 Å². The average Bonchev–Trinajstić information content (AvgIpc) is 2.09. The Kier molecular flexibility index (Phi) is 3.87. The van der Waals surface area contributed by atoms with Crippen LogP contribution in [0, 0.1) is 0 Å². The molecule has 2 heteroatoms. The first kappa shape index (κ1) is 9.01. The van der Waals surface area contributed by atoms with E-state index in [0.717, 1.165) is 6.42 Å². The van der Waals surface area contributed by atoms with E-state index in [-0.39, 0.29) is 0 Å². The first-order valence-electron chi connectivity index (χ1n) is 4.64. The van der Waals surface area contributed by atoms with Gasteiger partial charge >= 0.3 is 0 Å². The van der Waals surface area contributed by atoms with Crippen LogP contribution in [0.1, 0.15) is 32.6 Å². The molecule has 0 spiro atoms. The molecule has 0 aromatic carbocycles. The Morgan fingerprint density at radius 1 is 1.55 bits per heavy atom. The highest BCUT2D eigenvalue weighted by molar-refractivity contribution is 4.79. The lowest BCUT2D eigenvalue weighted by molar-refractivity contribution is 0.0564. The van der Waals surface area contributed by atoms with Gasteiger partial charge in [0, 0.05) is 13.2 Å². The molecule has 1 aliphatic rings. The Labute approximate surface area is 69.3 Å². The molecule has 1 saturated heterocycles. The van der Waals surface area contributed by atoms with E-state index in [1.807, 2.05) is 7.11 Å². The molecule has 2 nitrogen and oxygen atoms in total. The maximum Gasteiger partial charge on any atom is 0.0721 e. The van der Waals surface area contributed by atoms with E-state index < -0.39 is 0 Å². The van der Waals surface area contributed by atoms with Crippen molar-refractivity contribution in [1.82, 2.24) is 5.32 Å². The van der Waals surface area contributed by atoms with Gasteiger partial charge in [-0.3, -0.25) is 0 Å². The molecule has 0 amide bonds. The van der Waals surface area contributed by atoms with Crippen LogP contribution in [0.15, 0.2) is 0 Å². The largest absolute Gasteiger partial charge is 0.380 e. The number of piperidine rings is 1. The van der Waals surface area contributed by atoms with E-state index in [1.54, 1.807) is 0 Å². The summed E-state index contributed by atoms with van der Waals surface area (Å²) in [6.45, 7) is 3.36.